The van der Waals surface area contributed by atoms with Crippen molar-refractivity contribution in [2.24, 2.45) is 5.92 Å². The van der Waals surface area contributed by atoms with Crippen LogP contribution in [0.4, 0.5) is 4.79 Å². The molecule has 5 nitrogen and oxygen atoms in total. The summed E-state index contributed by atoms with van der Waals surface area (Å²) in [6, 6.07) is 8.30. The van der Waals surface area contributed by atoms with Crippen LogP contribution in [0.5, 0.6) is 0 Å². The number of rotatable bonds is 6. The van der Waals surface area contributed by atoms with Crippen molar-refractivity contribution in [1.82, 2.24) is 5.32 Å². The molecule has 0 aliphatic heterocycles. The van der Waals surface area contributed by atoms with E-state index < -0.39 is 18.1 Å². The van der Waals surface area contributed by atoms with Crippen molar-refractivity contribution >= 4 is 12.1 Å². The Hall–Kier alpha value is -2.04. The smallest absolute Gasteiger partial charge is 0.408 e. The summed E-state index contributed by atoms with van der Waals surface area (Å²) >= 11 is 0. The third kappa shape index (κ3) is 5.90. The van der Waals surface area contributed by atoms with Gasteiger partial charge in [-0.05, 0) is 17.9 Å². The minimum Gasteiger partial charge on any atom is -0.480 e. The predicted octanol–water partition coefficient (Wildman–Crippen LogP) is 2.41. The van der Waals surface area contributed by atoms with E-state index >= 15 is 0 Å². The zero-order chi connectivity index (χ0) is 14.3. The van der Waals surface area contributed by atoms with Gasteiger partial charge in [-0.25, -0.2) is 9.59 Å². The van der Waals surface area contributed by atoms with Crippen LogP contribution < -0.4 is 5.32 Å². The fraction of sp³-hybridized carbons (Fsp3) is 0.429. The first-order chi connectivity index (χ1) is 8.99. The summed E-state index contributed by atoms with van der Waals surface area (Å²) in [5, 5.41) is 11.3. The number of hydrogen-bond donors (Lipinski definition) is 2. The molecular formula is C14H19NO4. The monoisotopic (exact) mass is 265 g/mol. The maximum absolute atomic E-state index is 11.5. The maximum Gasteiger partial charge on any atom is 0.408 e. The van der Waals surface area contributed by atoms with Crippen molar-refractivity contribution < 1.29 is 19.4 Å². The Bertz CT molecular complexity index is 417. The van der Waals surface area contributed by atoms with E-state index in [1.807, 2.05) is 44.2 Å². The number of nitrogens with one attached hydrogen (secondary N) is 1. The second-order valence-corrected chi connectivity index (χ2v) is 4.73. The quantitative estimate of drug-likeness (QED) is 0.828. The summed E-state index contributed by atoms with van der Waals surface area (Å²) in [6.07, 6.45) is -0.340. The summed E-state index contributed by atoms with van der Waals surface area (Å²) in [6.45, 7) is 3.92. The molecule has 2 N–H and O–H groups in total. The van der Waals surface area contributed by atoms with E-state index in [2.05, 4.69) is 5.32 Å². The minimum atomic E-state index is -1.05. The van der Waals surface area contributed by atoms with Crippen LogP contribution in [-0.4, -0.2) is 23.2 Å². The summed E-state index contributed by atoms with van der Waals surface area (Å²) in [7, 11) is 0. The zero-order valence-corrected chi connectivity index (χ0v) is 11.1. The Morgan fingerprint density at radius 2 is 1.89 bits per heavy atom. The van der Waals surface area contributed by atoms with Crippen LogP contribution >= 0.6 is 0 Å². The largest absolute Gasteiger partial charge is 0.480 e. The summed E-state index contributed by atoms with van der Waals surface area (Å²) < 4.78 is 4.98. The van der Waals surface area contributed by atoms with Crippen LogP contribution in [0.1, 0.15) is 25.8 Å². The van der Waals surface area contributed by atoms with Gasteiger partial charge in [0.2, 0.25) is 0 Å². The average Bonchev–Trinajstić information content (AvgIpc) is 2.36. The molecule has 1 aromatic carbocycles. The van der Waals surface area contributed by atoms with Gasteiger partial charge in [-0.3, -0.25) is 0 Å². The lowest BCUT2D eigenvalue weighted by atomic mass is 10.0. The molecule has 1 atom stereocenters. The van der Waals surface area contributed by atoms with Gasteiger partial charge in [-0.15, -0.1) is 0 Å². The highest BCUT2D eigenvalue weighted by atomic mass is 16.5. The normalized spacial score (nSPS) is 11.9. The minimum absolute atomic E-state index is 0.126. The van der Waals surface area contributed by atoms with E-state index in [9.17, 15) is 9.59 Å². The van der Waals surface area contributed by atoms with Crippen LogP contribution in [0.2, 0.25) is 0 Å². The number of carbonyl (C=O) groups is 2. The Balaban J connectivity index is 2.42. The van der Waals surface area contributed by atoms with Gasteiger partial charge in [0.25, 0.3) is 0 Å². The SMILES string of the molecule is CC(C)C[C@@H](NC(=O)OCc1ccccc1)C(=O)O. The molecule has 0 saturated heterocycles. The molecule has 0 aliphatic rings. The molecule has 0 spiro atoms. The van der Waals surface area contributed by atoms with Crippen LogP contribution in [-0.2, 0) is 16.1 Å². The van der Waals surface area contributed by atoms with Gasteiger partial charge >= 0.3 is 12.1 Å². The number of benzene rings is 1. The molecule has 1 aromatic rings. The molecule has 0 radical (unpaired) electrons. The lowest BCUT2D eigenvalue weighted by Crippen LogP contribution is -2.41. The molecule has 0 bridgehead atoms. The molecule has 0 fully saturated rings. The van der Waals surface area contributed by atoms with E-state index in [-0.39, 0.29) is 12.5 Å². The number of amides is 1. The van der Waals surface area contributed by atoms with Gasteiger partial charge in [0, 0.05) is 0 Å². The summed E-state index contributed by atoms with van der Waals surface area (Å²) in [5.74, 6) is -0.874. The first-order valence-corrected chi connectivity index (χ1v) is 6.19. The number of alkyl carbamates (subject to hydrolysis) is 1. The molecule has 19 heavy (non-hydrogen) atoms. The van der Waals surface area contributed by atoms with Gasteiger partial charge in [0.05, 0.1) is 0 Å². The molecule has 104 valence electrons. The number of carboxylic acids is 1. The Morgan fingerprint density at radius 3 is 2.42 bits per heavy atom. The third-order valence-corrected chi connectivity index (χ3v) is 2.51. The number of ether oxygens (including phenoxy) is 1. The van der Waals surface area contributed by atoms with Gasteiger partial charge in [-0.2, -0.15) is 0 Å². The van der Waals surface area contributed by atoms with Crippen LogP contribution in [0.25, 0.3) is 0 Å². The highest BCUT2D eigenvalue weighted by Crippen LogP contribution is 2.06. The van der Waals surface area contributed by atoms with Gasteiger partial charge in [-0.1, -0.05) is 44.2 Å². The van der Waals surface area contributed by atoms with Crippen molar-refractivity contribution in [3.63, 3.8) is 0 Å². The molecule has 0 aromatic heterocycles. The van der Waals surface area contributed by atoms with Gasteiger partial charge in [0.15, 0.2) is 0 Å². The van der Waals surface area contributed by atoms with E-state index in [1.54, 1.807) is 0 Å². The van der Waals surface area contributed by atoms with Gasteiger partial charge in [0.1, 0.15) is 12.6 Å². The number of hydrogen-bond acceptors (Lipinski definition) is 3. The van der Waals surface area contributed by atoms with Crippen molar-refractivity contribution in [1.29, 1.82) is 0 Å². The van der Waals surface area contributed by atoms with Crippen LogP contribution in [0.3, 0.4) is 0 Å². The van der Waals surface area contributed by atoms with Crippen LogP contribution in [0, 0.1) is 5.92 Å². The van der Waals surface area contributed by atoms with Crippen molar-refractivity contribution in [3.8, 4) is 0 Å². The van der Waals surface area contributed by atoms with E-state index in [0.717, 1.165) is 5.56 Å². The first-order valence-electron chi connectivity index (χ1n) is 6.19. The molecule has 1 rings (SSSR count). The molecule has 5 heteroatoms. The van der Waals surface area contributed by atoms with Crippen molar-refractivity contribution in [2.75, 3.05) is 0 Å². The summed E-state index contributed by atoms with van der Waals surface area (Å²) in [4.78, 5) is 22.5. The van der Waals surface area contributed by atoms with Gasteiger partial charge < -0.3 is 15.2 Å². The lowest BCUT2D eigenvalue weighted by Gasteiger charge is -2.16. The zero-order valence-electron chi connectivity index (χ0n) is 11.1. The average molecular weight is 265 g/mol. The van der Waals surface area contributed by atoms with E-state index in [1.165, 1.54) is 0 Å². The summed E-state index contributed by atoms with van der Waals surface area (Å²) in [5.41, 5.74) is 0.855. The second kappa shape index (κ2) is 7.41. The molecule has 0 unspecified atom stereocenters. The molecule has 1 amide bonds. The molecule has 0 aliphatic carbocycles. The van der Waals surface area contributed by atoms with E-state index in [0.29, 0.717) is 6.42 Å². The Labute approximate surface area is 112 Å². The third-order valence-electron chi connectivity index (χ3n) is 2.51. The highest BCUT2D eigenvalue weighted by molar-refractivity contribution is 5.79. The molecule has 0 heterocycles. The van der Waals surface area contributed by atoms with E-state index in [4.69, 9.17) is 9.84 Å². The Morgan fingerprint density at radius 1 is 1.26 bits per heavy atom. The topological polar surface area (TPSA) is 75.6 Å². The van der Waals surface area contributed by atoms with Crippen LogP contribution in [0.15, 0.2) is 30.3 Å². The number of aliphatic carboxylic acids is 1. The second-order valence-electron chi connectivity index (χ2n) is 4.73. The number of carbonyl (C=O) groups excluding carboxylic acids is 1. The standard InChI is InChI=1S/C14H19NO4/c1-10(2)8-12(13(16)17)15-14(18)19-9-11-6-4-3-5-7-11/h3-7,10,12H,8-9H2,1-2H3,(H,15,18)(H,16,17)/t12-/m1/s1. The fourth-order valence-corrected chi connectivity index (χ4v) is 1.60. The lowest BCUT2D eigenvalue weighted by molar-refractivity contribution is -0.139. The molecule has 0 saturated carbocycles. The molecular weight excluding hydrogens is 246 g/mol. The number of carboxylic acid groups (broad SMARTS) is 1. The first kappa shape index (κ1) is 15.0. The van der Waals surface area contributed by atoms with Crippen molar-refractivity contribution in [2.45, 2.75) is 32.9 Å². The van der Waals surface area contributed by atoms with Crippen molar-refractivity contribution in [3.05, 3.63) is 35.9 Å². The Kier molecular flexibility index (Phi) is 5.85. The fourth-order valence-electron chi connectivity index (χ4n) is 1.60. The predicted molar refractivity (Wildman–Crippen MR) is 70.6 cm³/mol. The maximum atomic E-state index is 11.5. The highest BCUT2D eigenvalue weighted by Gasteiger charge is 2.21.